The number of Topliss-reactive ketones (excluding diaryl/α,β-unsaturated/α-hetero) is 1. The number of nitrogens with two attached hydrogens (primary N) is 1. The number of hydrogen-bond acceptors (Lipinski definition) is 12. The second kappa shape index (κ2) is 25.7. The van der Waals surface area contributed by atoms with Crippen LogP contribution >= 0.6 is 39.5 Å². The molecule has 0 radical (unpaired) electrons. The van der Waals surface area contributed by atoms with E-state index < -0.39 is 5.82 Å². The SMILES string of the molecule is C.C.C.Nc1nc(Nc2ccc(N3CCN(CC4CC4)CC3)cc2)sc1C(=O)c1cccc(F)c1.O=C(CBr)c1cccc(F)c1.S=C=Nc1ccc(N2CCN(CC3CC3)CC2)cc1. The summed E-state index contributed by atoms with van der Waals surface area (Å²) < 4.78 is 26.0. The number of thiazole rings is 1. The third kappa shape index (κ3) is 15.9. The molecule has 4 aromatic carbocycles. The van der Waals surface area contributed by atoms with Gasteiger partial charge in [-0.1, -0.05) is 73.8 Å². The van der Waals surface area contributed by atoms with Gasteiger partial charge >= 0.3 is 0 Å². The summed E-state index contributed by atoms with van der Waals surface area (Å²) in [6.07, 6.45) is 5.70. The minimum absolute atomic E-state index is 0. The molecule has 65 heavy (non-hydrogen) atoms. The first-order valence-corrected chi connectivity index (χ1v) is 23.4. The maximum atomic E-state index is 13.5. The summed E-state index contributed by atoms with van der Waals surface area (Å²) >= 11 is 8.79. The van der Waals surface area contributed by atoms with Crippen molar-refractivity contribution in [2.24, 2.45) is 16.8 Å². The second-order valence-electron chi connectivity index (χ2n) is 16.0. The molecule has 0 atom stereocenters. The Morgan fingerprint density at radius 3 is 1.68 bits per heavy atom. The summed E-state index contributed by atoms with van der Waals surface area (Å²) in [5.74, 6) is 0.814. The monoisotopic (exact) mass is 988 g/mol. The average molecular weight is 990 g/mol. The fourth-order valence-electron chi connectivity index (χ4n) is 7.43. The number of benzene rings is 4. The van der Waals surface area contributed by atoms with Crippen LogP contribution in [0.25, 0.3) is 0 Å². The number of alkyl halides is 1. The summed E-state index contributed by atoms with van der Waals surface area (Å²) in [4.78, 5) is 42.3. The number of anilines is 5. The number of hydrogen-bond donors (Lipinski definition) is 2. The number of carbonyl (C=O) groups is 2. The Balaban J connectivity index is 0.000000238. The Kier molecular flexibility index (Phi) is 20.9. The van der Waals surface area contributed by atoms with Gasteiger partial charge in [-0.2, -0.15) is 4.99 Å². The lowest BCUT2D eigenvalue weighted by atomic mass is 10.1. The van der Waals surface area contributed by atoms with E-state index in [0.29, 0.717) is 15.6 Å². The number of carbonyl (C=O) groups excluding carboxylic acids is 2. The number of aliphatic imine (C=N–C) groups is 1. The molecule has 4 fully saturated rings. The fourth-order valence-corrected chi connectivity index (χ4v) is 8.72. The van der Waals surface area contributed by atoms with E-state index in [4.69, 9.17) is 5.73 Å². The summed E-state index contributed by atoms with van der Waals surface area (Å²) in [7, 11) is 0. The lowest BCUT2D eigenvalue weighted by Gasteiger charge is -2.36. The smallest absolute Gasteiger partial charge is 0.206 e. The van der Waals surface area contributed by atoms with Crippen molar-refractivity contribution >= 4 is 89.9 Å². The van der Waals surface area contributed by atoms with Crippen LogP contribution in [0.5, 0.6) is 0 Å². The number of thiocarbonyl (C=S) groups is 1. The predicted octanol–water partition coefficient (Wildman–Crippen LogP) is 11.6. The van der Waals surface area contributed by atoms with Crippen LogP contribution in [0.2, 0.25) is 0 Å². The molecule has 0 spiro atoms. The molecule has 348 valence electrons. The maximum absolute atomic E-state index is 13.5. The van der Waals surface area contributed by atoms with E-state index in [-0.39, 0.29) is 56.4 Å². The minimum Gasteiger partial charge on any atom is -0.382 e. The summed E-state index contributed by atoms with van der Waals surface area (Å²) in [6.45, 7) is 11.6. The van der Waals surface area contributed by atoms with Crippen LogP contribution in [-0.4, -0.2) is 102 Å². The van der Waals surface area contributed by atoms with Crippen LogP contribution in [0, 0.1) is 23.5 Å². The number of nitrogen functional groups attached to an aromatic ring is 1. The van der Waals surface area contributed by atoms with E-state index in [1.807, 2.05) is 24.3 Å². The normalized spacial score (nSPS) is 15.8. The van der Waals surface area contributed by atoms with Crippen molar-refractivity contribution < 1.29 is 18.4 Å². The molecule has 4 aliphatic rings. The highest BCUT2D eigenvalue weighted by Crippen LogP contribution is 2.33. The van der Waals surface area contributed by atoms with E-state index >= 15 is 0 Å². The van der Waals surface area contributed by atoms with Gasteiger partial charge in [0.15, 0.2) is 10.9 Å². The zero-order valence-electron chi connectivity index (χ0n) is 34.5. The van der Waals surface area contributed by atoms with Crippen LogP contribution in [0.4, 0.5) is 42.5 Å². The predicted molar refractivity (Wildman–Crippen MR) is 275 cm³/mol. The first-order chi connectivity index (χ1) is 30.1. The first kappa shape index (κ1) is 52.7. The molecule has 2 saturated carbocycles. The van der Waals surface area contributed by atoms with Crippen molar-refractivity contribution in [2.75, 3.05) is 91.6 Å². The quantitative estimate of drug-likeness (QED) is 0.0512. The third-order valence-electron chi connectivity index (χ3n) is 11.3. The molecule has 2 saturated heterocycles. The molecule has 3 heterocycles. The summed E-state index contributed by atoms with van der Waals surface area (Å²) in [6, 6.07) is 27.7. The highest BCUT2D eigenvalue weighted by Gasteiger charge is 2.28. The summed E-state index contributed by atoms with van der Waals surface area (Å²) in [5, 5.41) is 6.39. The maximum Gasteiger partial charge on any atom is 0.206 e. The van der Waals surface area contributed by atoms with Crippen LogP contribution in [0.15, 0.2) is 102 Å². The van der Waals surface area contributed by atoms with Gasteiger partial charge in [-0.25, -0.2) is 13.8 Å². The number of nitrogens with zero attached hydrogens (tertiary/aromatic N) is 6. The van der Waals surface area contributed by atoms with Crippen molar-refractivity contribution in [3.05, 3.63) is 125 Å². The van der Waals surface area contributed by atoms with E-state index in [1.54, 1.807) is 12.1 Å². The number of rotatable bonds is 13. The van der Waals surface area contributed by atoms with Gasteiger partial charge in [0.1, 0.15) is 22.3 Å². The molecule has 3 N–H and O–H groups in total. The van der Waals surface area contributed by atoms with Gasteiger partial charge in [-0.3, -0.25) is 19.4 Å². The Bertz CT molecular complexity index is 2320. The van der Waals surface area contributed by atoms with Crippen molar-refractivity contribution in [3.63, 3.8) is 0 Å². The Labute approximate surface area is 402 Å². The van der Waals surface area contributed by atoms with Gasteiger partial charge in [0.2, 0.25) is 5.78 Å². The van der Waals surface area contributed by atoms with Crippen LogP contribution < -0.4 is 20.9 Å². The Morgan fingerprint density at radius 1 is 0.738 bits per heavy atom. The molecule has 0 bridgehead atoms. The van der Waals surface area contributed by atoms with Gasteiger partial charge in [0.25, 0.3) is 0 Å². The van der Waals surface area contributed by atoms with E-state index in [9.17, 15) is 18.4 Å². The van der Waals surface area contributed by atoms with E-state index in [0.717, 1.165) is 62.5 Å². The van der Waals surface area contributed by atoms with Gasteiger partial charge in [-0.05, 0) is 123 Å². The Hall–Kier alpha value is -4.89. The first-order valence-electron chi connectivity index (χ1n) is 21.0. The molecule has 9 rings (SSSR count). The standard InChI is InChI=1S/C24H26FN5OS.C15H19N3S.C8H6BrFO.3CH4/c25-18-3-1-2-17(14-18)21(31)22-23(26)28-24(32-22)27-19-6-8-20(9-7-19)30-12-10-29(11-13-30)15-16-4-5-16;19-12-16-14-3-5-15(6-4-14)18-9-7-17(8-10-18)11-13-1-2-13;9-5-8(11)6-2-1-3-7(10)4-6;;;/h1-3,6-9,14,16H,4-5,10-13,15,26H2,(H,27,28);3-6,13H,1-2,7-11H2;1-4H,5H2;3*1H4. The van der Waals surface area contributed by atoms with Crippen molar-refractivity contribution in [1.82, 2.24) is 14.8 Å². The molecule has 0 amide bonds. The van der Waals surface area contributed by atoms with Crippen molar-refractivity contribution in [2.45, 2.75) is 48.0 Å². The lowest BCUT2D eigenvalue weighted by molar-refractivity contribution is 0.102. The van der Waals surface area contributed by atoms with Crippen LogP contribution in [0.1, 0.15) is 73.6 Å². The van der Waals surface area contributed by atoms with E-state index in [1.165, 1.54) is 111 Å². The summed E-state index contributed by atoms with van der Waals surface area (Å²) in [5.41, 5.74) is 10.9. The van der Waals surface area contributed by atoms with Gasteiger partial charge in [0.05, 0.1) is 16.2 Å². The highest BCUT2D eigenvalue weighted by atomic mass is 79.9. The number of nitrogens with one attached hydrogen (secondary N) is 1. The molecular weight excluding hydrogens is 927 g/mol. The molecule has 15 heteroatoms. The zero-order chi connectivity index (χ0) is 43.4. The molecule has 2 aliphatic heterocycles. The third-order valence-corrected chi connectivity index (χ3v) is 12.8. The average Bonchev–Trinajstić information content (AvgIpc) is 4.25. The zero-order valence-corrected chi connectivity index (χ0v) is 37.7. The van der Waals surface area contributed by atoms with Crippen LogP contribution in [0.3, 0.4) is 0 Å². The van der Waals surface area contributed by atoms with Crippen molar-refractivity contribution in [3.8, 4) is 0 Å². The molecule has 10 nitrogen and oxygen atoms in total. The van der Waals surface area contributed by atoms with Crippen LogP contribution in [-0.2, 0) is 0 Å². The topological polar surface area (TPSA) is 110 Å². The number of ketones is 2. The van der Waals surface area contributed by atoms with E-state index in [2.05, 4.69) is 92.5 Å². The lowest BCUT2D eigenvalue weighted by Crippen LogP contribution is -2.47. The minimum atomic E-state index is -0.457. The Morgan fingerprint density at radius 2 is 1.22 bits per heavy atom. The molecular formula is C50H63BrF2N8O2S2. The second-order valence-corrected chi connectivity index (χ2v) is 17.7. The molecule has 2 aliphatic carbocycles. The molecule has 0 unspecified atom stereocenters. The number of halogens is 3. The van der Waals surface area contributed by atoms with Gasteiger partial charge in [0, 0.05) is 93.6 Å². The number of aromatic nitrogens is 1. The molecule has 5 aromatic rings. The number of piperazine rings is 2. The molecule has 1 aromatic heterocycles. The highest BCUT2D eigenvalue weighted by molar-refractivity contribution is 9.09. The largest absolute Gasteiger partial charge is 0.382 e. The van der Waals surface area contributed by atoms with Gasteiger partial charge in [-0.15, -0.1) is 0 Å². The van der Waals surface area contributed by atoms with Gasteiger partial charge < -0.3 is 20.9 Å². The number of isothiocyanates is 1. The van der Waals surface area contributed by atoms with Crippen molar-refractivity contribution in [1.29, 1.82) is 0 Å². The fraction of sp³-hybridized carbons (Fsp3) is 0.400.